The molecule has 0 heterocycles. The van der Waals surface area contributed by atoms with Gasteiger partial charge in [-0.1, -0.05) is 64.7 Å². The molecule has 0 radical (unpaired) electrons. The Hall–Kier alpha value is -0.370. The number of Topliss-reactive ketones (excluding diaryl/α,β-unsaturated/α-hetero) is 1. The molecule has 0 aromatic rings. The van der Waals surface area contributed by atoms with Gasteiger partial charge in [-0.3, -0.25) is 4.79 Å². The maximum absolute atomic E-state index is 12.0. The SMILES string of the molecule is CCCCCCCCCC(=O)CC1(N)CCCCC1. The Kier molecular flexibility index (Phi) is 8.36. The molecule has 2 nitrogen and oxygen atoms in total. The minimum atomic E-state index is -0.156. The number of nitrogens with two attached hydrogens (primary N) is 1. The molecule has 1 aliphatic carbocycles. The molecule has 1 aliphatic rings. The summed E-state index contributed by atoms with van der Waals surface area (Å²) in [5.74, 6) is 0.401. The summed E-state index contributed by atoms with van der Waals surface area (Å²) in [5.41, 5.74) is 6.17. The predicted molar refractivity (Wildman–Crippen MR) is 82.2 cm³/mol. The number of rotatable bonds is 10. The van der Waals surface area contributed by atoms with Gasteiger partial charge in [-0.25, -0.2) is 0 Å². The van der Waals surface area contributed by atoms with E-state index in [4.69, 9.17) is 5.73 Å². The van der Waals surface area contributed by atoms with Gasteiger partial charge in [0.05, 0.1) is 0 Å². The van der Waals surface area contributed by atoms with Gasteiger partial charge in [0.2, 0.25) is 0 Å². The topological polar surface area (TPSA) is 43.1 Å². The fraction of sp³-hybridized carbons (Fsp3) is 0.941. The van der Waals surface area contributed by atoms with Crippen molar-refractivity contribution in [2.24, 2.45) is 5.73 Å². The first-order valence-corrected chi connectivity index (χ1v) is 8.47. The third-order valence-corrected chi connectivity index (χ3v) is 4.46. The largest absolute Gasteiger partial charge is 0.325 e. The molecule has 0 spiro atoms. The van der Waals surface area contributed by atoms with E-state index in [1.54, 1.807) is 0 Å². The highest BCUT2D eigenvalue weighted by atomic mass is 16.1. The first kappa shape index (κ1) is 16.7. The summed E-state index contributed by atoms with van der Waals surface area (Å²) in [7, 11) is 0. The molecule has 0 aromatic heterocycles. The van der Waals surface area contributed by atoms with Crippen molar-refractivity contribution in [3.05, 3.63) is 0 Å². The molecule has 2 heteroatoms. The molecule has 1 saturated carbocycles. The Morgan fingerprint density at radius 2 is 1.53 bits per heavy atom. The van der Waals surface area contributed by atoms with Gasteiger partial charge in [-0.05, 0) is 19.3 Å². The van der Waals surface area contributed by atoms with Crippen LogP contribution in [0.5, 0.6) is 0 Å². The lowest BCUT2D eigenvalue weighted by molar-refractivity contribution is -0.120. The summed E-state index contributed by atoms with van der Waals surface area (Å²) in [4.78, 5) is 12.0. The van der Waals surface area contributed by atoms with Crippen molar-refractivity contribution in [1.82, 2.24) is 0 Å². The van der Waals surface area contributed by atoms with E-state index >= 15 is 0 Å². The van der Waals surface area contributed by atoms with Gasteiger partial charge in [0.25, 0.3) is 0 Å². The van der Waals surface area contributed by atoms with Crippen molar-refractivity contribution in [1.29, 1.82) is 0 Å². The third-order valence-electron chi connectivity index (χ3n) is 4.46. The molecule has 0 unspecified atom stereocenters. The van der Waals surface area contributed by atoms with Crippen LogP contribution in [0, 0.1) is 0 Å². The van der Waals surface area contributed by atoms with Gasteiger partial charge in [0.15, 0.2) is 0 Å². The van der Waals surface area contributed by atoms with Crippen molar-refractivity contribution in [2.45, 2.75) is 102 Å². The molecular formula is C17H33NO. The van der Waals surface area contributed by atoms with E-state index in [-0.39, 0.29) is 5.54 Å². The lowest BCUT2D eigenvalue weighted by Gasteiger charge is -2.32. The molecule has 0 atom stereocenters. The normalized spacial score (nSPS) is 18.4. The lowest BCUT2D eigenvalue weighted by atomic mass is 9.78. The molecule has 1 rings (SSSR count). The van der Waals surface area contributed by atoms with Gasteiger partial charge < -0.3 is 5.73 Å². The van der Waals surface area contributed by atoms with E-state index in [2.05, 4.69) is 6.92 Å². The van der Waals surface area contributed by atoms with Gasteiger partial charge in [-0.2, -0.15) is 0 Å². The summed E-state index contributed by atoms with van der Waals surface area (Å²) >= 11 is 0. The first-order chi connectivity index (χ1) is 9.16. The zero-order valence-corrected chi connectivity index (χ0v) is 12.9. The highest BCUT2D eigenvalue weighted by molar-refractivity contribution is 5.79. The number of ketones is 1. The fourth-order valence-electron chi connectivity index (χ4n) is 3.19. The number of hydrogen-bond acceptors (Lipinski definition) is 2. The Bertz CT molecular complexity index is 244. The Labute approximate surface area is 119 Å². The minimum absolute atomic E-state index is 0.156. The Morgan fingerprint density at radius 1 is 0.947 bits per heavy atom. The third kappa shape index (κ3) is 7.71. The highest BCUT2D eigenvalue weighted by Gasteiger charge is 2.29. The average molecular weight is 267 g/mol. The van der Waals surface area contributed by atoms with Crippen LogP contribution in [0.4, 0.5) is 0 Å². The van der Waals surface area contributed by atoms with Gasteiger partial charge in [-0.15, -0.1) is 0 Å². The molecule has 112 valence electrons. The summed E-state index contributed by atoms with van der Waals surface area (Å²) in [6.45, 7) is 2.24. The first-order valence-electron chi connectivity index (χ1n) is 8.47. The Balaban J connectivity index is 2.01. The quantitative estimate of drug-likeness (QED) is 0.580. The second-order valence-corrected chi connectivity index (χ2v) is 6.51. The fourth-order valence-corrected chi connectivity index (χ4v) is 3.19. The van der Waals surface area contributed by atoms with Crippen LogP contribution in [0.15, 0.2) is 0 Å². The van der Waals surface area contributed by atoms with E-state index in [9.17, 15) is 4.79 Å². The zero-order chi connectivity index (χ0) is 14.0. The van der Waals surface area contributed by atoms with E-state index < -0.39 is 0 Å². The molecule has 19 heavy (non-hydrogen) atoms. The number of carbonyl (C=O) groups excluding carboxylic acids is 1. The highest BCUT2D eigenvalue weighted by Crippen LogP contribution is 2.29. The van der Waals surface area contributed by atoms with Crippen LogP contribution in [-0.4, -0.2) is 11.3 Å². The van der Waals surface area contributed by atoms with E-state index in [0.29, 0.717) is 12.2 Å². The molecule has 0 amide bonds. The molecule has 0 saturated heterocycles. The van der Waals surface area contributed by atoms with Gasteiger partial charge >= 0.3 is 0 Å². The molecule has 0 aromatic carbocycles. The van der Waals surface area contributed by atoms with Crippen molar-refractivity contribution in [2.75, 3.05) is 0 Å². The van der Waals surface area contributed by atoms with E-state index in [0.717, 1.165) is 25.7 Å². The molecule has 1 fully saturated rings. The predicted octanol–water partition coefficient (Wildman–Crippen LogP) is 4.75. The van der Waals surface area contributed by atoms with Crippen molar-refractivity contribution < 1.29 is 4.79 Å². The maximum Gasteiger partial charge on any atom is 0.134 e. The number of hydrogen-bond donors (Lipinski definition) is 1. The monoisotopic (exact) mass is 267 g/mol. The number of carbonyl (C=O) groups is 1. The standard InChI is InChI=1S/C17H33NO/c1-2-3-4-5-6-7-9-12-16(19)15-17(18)13-10-8-11-14-17/h2-15,18H2,1H3. The van der Waals surface area contributed by atoms with Crippen LogP contribution in [0.1, 0.15) is 96.8 Å². The summed E-state index contributed by atoms with van der Waals surface area (Å²) in [6.07, 6.45) is 16.1. The minimum Gasteiger partial charge on any atom is -0.325 e. The summed E-state index contributed by atoms with van der Waals surface area (Å²) < 4.78 is 0. The zero-order valence-electron chi connectivity index (χ0n) is 12.9. The lowest BCUT2D eigenvalue weighted by Crippen LogP contribution is -2.43. The molecule has 0 aliphatic heterocycles. The molecule has 0 bridgehead atoms. The smallest absolute Gasteiger partial charge is 0.134 e. The summed E-state index contributed by atoms with van der Waals surface area (Å²) in [6, 6.07) is 0. The van der Waals surface area contributed by atoms with Gasteiger partial charge in [0.1, 0.15) is 5.78 Å². The van der Waals surface area contributed by atoms with Crippen LogP contribution >= 0.6 is 0 Å². The number of unbranched alkanes of at least 4 members (excludes halogenated alkanes) is 6. The van der Waals surface area contributed by atoms with E-state index in [1.165, 1.54) is 57.8 Å². The van der Waals surface area contributed by atoms with Gasteiger partial charge in [0, 0.05) is 18.4 Å². The van der Waals surface area contributed by atoms with Crippen LogP contribution in [0.2, 0.25) is 0 Å². The van der Waals surface area contributed by atoms with Crippen molar-refractivity contribution >= 4 is 5.78 Å². The van der Waals surface area contributed by atoms with Crippen molar-refractivity contribution in [3.63, 3.8) is 0 Å². The second kappa shape index (κ2) is 9.52. The van der Waals surface area contributed by atoms with Crippen LogP contribution in [-0.2, 0) is 4.79 Å². The Morgan fingerprint density at radius 3 is 2.16 bits per heavy atom. The van der Waals surface area contributed by atoms with E-state index in [1.807, 2.05) is 0 Å². The van der Waals surface area contributed by atoms with Crippen LogP contribution in [0.3, 0.4) is 0 Å². The summed E-state index contributed by atoms with van der Waals surface area (Å²) in [5, 5.41) is 0. The molecular weight excluding hydrogens is 234 g/mol. The maximum atomic E-state index is 12.0. The van der Waals surface area contributed by atoms with Crippen LogP contribution in [0.25, 0.3) is 0 Å². The van der Waals surface area contributed by atoms with Crippen LogP contribution < -0.4 is 5.73 Å². The second-order valence-electron chi connectivity index (χ2n) is 6.51. The van der Waals surface area contributed by atoms with Crippen molar-refractivity contribution in [3.8, 4) is 0 Å². The molecule has 2 N–H and O–H groups in total. The average Bonchev–Trinajstić information content (AvgIpc) is 2.38.